The molecule has 62 valence electrons. The highest BCUT2D eigenvalue weighted by Crippen LogP contribution is 2.08. The minimum atomic E-state index is 1.03. The van der Waals surface area contributed by atoms with Crippen molar-refractivity contribution in [1.82, 2.24) is 9.38 Å². The molecular weight excluding hydrogens is 148 g/mol. The molecule has 0 atom stereocenters. The van der Waals surface area contributed by atoms with Gasteiger partial charge in [-0.2, -0.15) is 0 Å². The third kappa shape index (κ3) is 0.998. The fourth-order valence-electron chi connectivity index (χ4n) is 1.40. The summed E-state index contributed by atoms with van der Waals surface area (Å²) in [5.41, 5.74) is 3.58. The molecular formula is C10H12N2. The Bertz CT molecular complexity index is 401. The number of nitrogens with zero attached hydrogens (tertiary/aromatic N) is 2. The van der Waals surface area contributed by atoms with E-state index in [9.17, 15) is 0 Å². The molecule has 0 aliphatic rings. The lowest BCUT2D eigenvalue weighted by atomic mass is 10.3. The summed E-state index contributed by atoms with van der Waals surface area (Å²) in [4.78, 5) is 4.29. The monoisotopic (exact) mass is 160 g/mol. The van der Waals surface area contributed by atoms with E-state index in [1.165, 1.54) is 11.3 Å². The van der Waals surface area contributed by atoms with E-state index in [0.717, 1.165) is 12.1 Å². The van der Waals surface area contributed by atoms with Crippen LogP contribution in [0.2, 0.25) is 0 Å². The van der Waals surface area contributed by atoms with Crippen LogP contribution in [0, 0.1) is 6.92 Å². The molecule has 0 N–H and O–H groups in total. The van der Waals surface area contributed by atoms with Crippen molar-refractivity contribution in [2.75, 3.05) is 0 Å². The maximum Gasteiger partial charge on any atom is 0.136 e. The van der Waals surface area contributed by atoms with Crippen molar-refractivity contribution in [3.05, 3.63) is 35.8 Å². The van der Waals surface area contributed by atoms with Crippen LogP contribution in [0.5, 0.6) is 0 Å². The Morgan fingerprint density at radius 2 is 2.25 bits per heavy atom. The van der Waals surface area contributed by atoms with Gasteiger partial charge in [-0.25, -0.2) is 4.98 Å². The Morgan fingerprint density at radius 3 is 3.00 bits per heavy atom. The lowest BCUT2D eigenvalue weighted by Crippen LogP contribution is -1.90. The van der Waals surface area contributed by atoms with Crippen molar-refractivity contribution in [1.29, 1.82) is 0 Å². The zero-order valence-electron chi connectivity index (χ0n) is 7.41. The third-order valence-electron chi connectivity index (χ3n) is 2.09. The molecule has 0 unspecified atom stereocenters. The van der Waals surface area contributed by atoms with Gasteiger partial charge in [-0.3, -0.25) is 0 Å². The Balaban J connectivity index is 2.75. The van der Waals surface area contributed by atoms with E-state index in [2.05, 4.69) is 41.6 Å². The molecule has 0 bridgehead atoms. The molecule has 2 nitrogen and oxygen atoms in total. The summed E-state index contributed by atoms with van der Waals surface area (Å²) < 4.78 is 2.15. The van der Waals surface area contributed by atoms with E-state index in [1.54, 1.807) is 0 Å². The highest BCUT2D eigenvalue weighted by molar-refractivity contribution is 5.41. The first-order chi connectivity index (χ1) is 5.81. The van der Waals surface area contributed by atoms with Gasteiger partial charge in [-0.05, 0) is 25.0 Å². The maximum atomic E-state index is 4.29. The SMILES string of the molecule is CCc1cnc2ccc(C)cn12. The summed E-state index contributed by atoms with van der Waals surface area (Å²) in [6.45, 7) is 4.24. The number of aryl methyl sites for hydroxylation is 2. The van der Waals surface area contributed by atoms with Gasteiger partial charge in [0.15, 0.2) is 0 Å². The average Bonchev–Trinajstić information content (AvgIpc) is 2.46. The highest BCUT2D eigenvalue weighted by Gasteiger charge is 1.99. The lowest BCUT2D eigenvalue weighted by molar-refractivity contribution is 0.988. The predicted octanol–water partition coefficient (Wildman–Crippen LogP) is 2.21. The van der Waals surface area contributed by atoms with Gasteiger partial charge < -0.3 is 4.40 Å². The molecule has 0 aliphatic carbocycles. The van der Waals surface area contributed by atoms with Gasteiger partial charge in [0.25, 0.3) is 0 Å². The summed E-state index contributed by atoms with van der Waals surface area (Å²) in [5.74, 6) is 0. The minimum Gasteiger partial charge on any atom is -0.304 e. The van der Waals surface area contributed by atoms with Crippen LogP contribution in [0.1, 0.15) is 18.2 Å². The molecule has 0 aliphatic heterocycles. The molecule has 2 heteroatoms. The van der Waals surface area contributed by atoms with E-state index >= 15 is 0 Å². The van der Waals surface area contributed by atoms with Gasteiger partial charge in [0.1, 0.15) is 5.65 Å². The van der Waals surface area contributed by atoms with Crippen LogP contribution in [0.25, 0.3) is 5.65 Å². The van der Waals surface area contributed by atoms with Gasteiger partial charge in [-0.1, -0.05) is 13.0 Å². The second kappa shape index (κ2) is 2.63. The lowest BCUT2D eigenvalue weighted by Gasteiger charge is -1.98. The predicted molar refractivity (Wildman–Crippen MR) is 49.3 cm³/mol. The van der Waals surface area contributed by atoms with Crippen molar-refractivity contribution in [3.8, 4) is 0 Å². The molecule has 2 heterocycles. The fourth-order valence-corrected chi connectivity index (χ4v) is 1.40. The first-order valence-corrected chi connectivity index (χ1v) is 4.24. The number of aromatic nitrogens is 2. The van der Waals surface area contributed by atoms with Crippen LogP contribution in [0.15, 0.2) is 24.5 Å². The standard InChI is InChI=1S/C10H12N2/c1-3-9-6-11-10-5-4-8(2)7-12(9)10/h4-7H,3H2,1-2H3. The van der Waals surface area contributed by atoms with Gasteiger partial charge in [-0.15, -0.1) is 0 Å². The van der Waals surface area contributed by atoms with E-state index in [4.69, 9.17) is 0 Å². The Kier molecular flexibility index (Phi) is 1.61. The number of imidazole rings is 1. The third-order valence-corrected chi connectivity index (χ3v) is 2.09. The second-order valence-electron chi connectivity index (χ2n) is 3.04. The van der Waals surface area contributed by atoms with Crippen LogP contribution >= 0.6 is 0 Å². The Hall–Kier alpha value is -1.31. The van der Waals surface area contributed by atoms with Crippen molar-refractivity contribution in [2.45, 2.75) is 20.3 Å². The number of rotatable bonds is 1. The first-order valence-electron chi connectivity index (χ1n) is 4.24. The molecule has 0 radical (unpaired) electrons. The average molecular weight is 160 g/mol. The molecule has 0 saturated carbocycles. The molecule has 0 amide bonds. The second-order valence-corrected chi connectivity index (χ2v) is 3.04. The Morgan fingerprint density at radius 1 is 1.42 bits per heavy atom. The number of hydrogen-bond donors (Lipinski definition) is 0. The zero-order valence-corrected chi connectivity index (χ0v) is 7.41. The van der Waals surface area contributed by atoms with Crippen LogP contribution in [-0.2, 0) is 6.42 Å². The molecule has 2 rings (SSSR count). The van der Waals surface area contributed by atoms with Crippen LogP contribution in [0.4, 0.5) is 0 Å². The topological polar surface area (TPSA) is 17.3 Å². The van der Waals surface area contributed by atoms with E-state index in [-0.39, 0.29) is 0 Å². The van der Waals surface area contributed by atoms with E-state index in [1.807, 2.05) is 6.20 Å². The van der Waals surface area contributed by atoms with Gasteiger partial charge in [0.05, 0.1) is 0 Å². The number of hydrogen-bond acceptors (Lipinski definition) is 1. The molecule has 0 saturated heterocycles. The fraction of sp³-hybridized carbons (Fsp3) is 0.300. The van der Waals surface area contributed by atoms with Gasteiger partial charge in [0, 0.05) is 18.1 Å². The summed E-state index contributed by atoms with van der Waals surface area (Å²) in [5, 5.41) is 0. The van der Waals surface area contributed by atoms with Crippen LogP contribution in [0.3, 0.4) is 0 Å². The van der Waals surface area contributed by atoms with Crippen LogP contribution in [-0.4, -0.2) is 9.38 Å². The number of fused-ring (bicyclic) bond motifs is 1. The summed E-state index contributed by atoms with van der Waals surface area (Å²) in [6.07, 6.45) is 5.10. The molecule has 0 fully saturated rings. The summed E-state index contributed by atoms with van der Waals surface area (Å²) in [7, 11) is 0. The molecule has 2 aromatic rings. The summed E-state index contributed by atoms with van der Waals surface area (Å²) in [6, 6.07) is 4.14. The van der Waals surface area contributed by atoms with Crippen LogP contribution < -0.4 is 0 Å². The summed E-state index contributed by atoms with van der Waals surface area (Å²) >= 11 is 0. The van der Waals surface area contributed by atoms with Crippen molar-refractivity contribution in [3.63, 3.8) is 0 Å². The number of pyridine rings is 1. The van der Waals surface area contributed by atoms with Gasteiger partial charge >= 0.3 is 0 Å². The molecule has 0 spiro atoms. The van der Waals surface area contributed by atoms with E-state index < -0.39 is 0 Å². The maximum absolute atomic E-state index is 4.29. The van der Waals surface area contributed by atoms with E-state index in [0.29, 0.717) is 0 Å². The molecule has 2 aromatic heterocycles. The quantitative estimate of drug-likeness (QED) is 0.625. The largest absolute Gasteiger partial charge is 0.304 e. The van der Waals surface area contributed by atoms with Crippen molar-refractivity contribution >= 4 is 5.65 Å². The highest BCUT2D eigenvalue weighted by atomic mass is 15.0. The molecule has 0 aromatic carbocycles. The first kappa shape index (κ1) is 7.35. The Labute approximate surface area is 71.9 Å². The zero-order chi connectivity index (χ0) is 8.55. The normalized spacial score (nSPS) is 10.8. The van der Waals surface area contributed by atoms with Crippen molar-refractivity contribution < 1.29 is 0 Å². The smallest absolute Gasteiger partial charge is 0.136 e. The minimum absolute atomic E-state index is 1.03. The van der Waals surface area contributed by atoms with Gasteiger partial charge in [0.2, 0.25) is 0 Å². The van der Waals surface area contributed by atoms with Crippen molar-refractivity contribution in [2.24, 2.45) is 0 Å². The molecule has 12 heavy (non-hydrogen) atoms.